The molecule has 1 saturated carbocycles. The Kier molecular flexibility index (Phi) is 4.82. The molecule has 0 bridgehead atoms. The summed E-state index contributed by atoms with van der Waals surface area (Å²) in [5.41, 5.74) is 3.06. The Bertz CT molecular complexity index is 780. The van der Waals surface area contributed by atoms with Gasteiger partial charge in [0.05, 0.1) is 24.0 Å². The molecule has 26 heavy (non-hydrogen) atoms. The maximum atomic E-state index is 12.6. The zero-order valence-corrected chi connectivity index (χ0v) is 15.2. The molecule has 2 aliphatic carbocycles. The van der Waals surface area contributed by atoms with Crippen LogP contribution in [0.2, 0.25) is 0 Å². The second kappa shape index (κ2) is 7.40. The minimum atomic E-state index is -0.200. The number of aryl methyl sites for hydroxylation is 1. The van der Waals surface area contributed by atoms with Gasteiger partial charge in [-0.15, -0.1) is 0 Å². The van der Waals surface area contributed by atoms with Gasteiger partial charge in [-0.05, 0) is 57.1 Å². The van der Waals surface area contributed by atoms with Crippen molar-refractivity contribution in [3.8, 4) is 5.75 Å². The number of aromatic nitrogens is 2. The normalized spacial score (nSPS) is 19.8. The number of fused-ring (bicyclic) bond motifs is 1. The van der Waals surface area contributed by atoms with Crippen LogP contribution in [0.4, 0.5) is 10.5 Å². The summed E-state index contributed by atoms with van der Waals surface area (Å²) in [6, 6.07) is 7.48. The van der Waals surface area contributed by atoms with Crippen LogP contribution in [0.1, 0.15) is 55.8 Å². The number of nitrogens with zero attached hydrogens (tertiary/aromatic N) is 2. The highest BCUT2D eigenvalue weighted by Gasteiger charge is 2.25. The van der Waals surface area contributed by atoms with Gasteiger partial charge in [0, 0.05) is 18.3 Å². The molecule has 1 atom stereocenters. The van der Waals surface area contributed by atoms with E-state index >= 15 is 0 Å². The summed E-state index contributed by atoms with van der Waals surface area (Å²) in [4.78, 5) is 12.6. The predicted octanol–water partition coefficient (Wildman–Crippen LogP) is 3.94. The van der Waals surface area contributed by atoms with Crippen LogP contribution in [0.25, 0.3) is 0 Å². The van der Waals surface area contributed by atoms with Crippen LogP contribution in [0.15, 0.2) is 30.5 Å². The Morgan fingerprint density at radius 1 is 1.19 bits per heavy atom. The lowest BCUT2D eigenvalue weighted by Gasteiger charge is -2.24. The molecule has 0 spiro atoms. The predicted molar refractivity (Wildman–Crippen MR) is 100 cm³/mol. The number of ether oxygens (including phenoxy) is 1. The molecular formula is C20H26N4O2. The van der Waals surface area contributed by atoms with E-state index in [1.807, 2.05) is 42.2 Å². The summed E-state index contributed by atoms with van der Waals surface area (Å²) in [5, 5.41) is 10.4. The molecule has 0 saturated heterocycles. The van der Waals surface area contributed by atoms with Crippen molar-refractivity contribution in [2.24, 2.45) is 7.05 Å². The van der Waals surface area contributed by atoms with E-state index < -0.39 is 0 Å². The first-order valence-corrected chi connectivity index (χ1v) is 9.54. The minimum Gasteiger partial charge on any atom is -0.488 e. The van der Waals surface area contributed by atoms with E-state index in [0.29, 0.717) is 0 Å². The smallest absolute Gasteiger partial charge is 0.319 e. The van der Waals surface area contributed by atoms with E-state index in [4.69, 9.17) is 4.74 Å². The molecule has 6 nitrogen and oxygen atoms in total. The second-order valence-corrected chi connectivity index (χ2v) is 7.23. The summed E-state index contributed by atoms with van der Waals surface area (Å²) in [7, 11) is 1.96. The Morgan fingerprint density at radius 3 is 2.85 bits per heavy atom. The molecular weight excluding hydrogens is 328 g/mol. The van der Waals surface area contributed by atoms with Gasteiger partial charge in [-0.25, -0.2) is 4.79 Å². The molecule has 6 heteroatoms. The van der Waals surface area contributed by atoms with Crippen molar-refractivity contribution >= 4 is 11.7 Å². The van der Waals surface area contributed by atoms with Gasteiger partial charge in [0.1, 0.15) is 5.75 Å². The molecule has 2 N–H and O–H groups in total. The van der Waals surface area contributed by atoms with Crippen molar-refractivity contribution in [3.63, 3.8) is 0 Å². The summed E-state index contributed by atoms with van der Waals surface area (Å²) in [6.45, 7) is 0. The minimum absolute atomic E-state index is 0.00960. The molecule has 0 aliphatic heterocycles. The number of hydrogen-bond acceptors (Lipinski definition) is 3. The quantitative estimate of drug-likeness (QED) is 0.874. The molecule has 4 rings (SSSR count). The van der Waals surface area contributed by atoms with Gasteiger partial charge in [0.15, 0.2) is 0 Å². The molecule has 1 fully saturated rings. The van der Waals surface area contributed by atoms with Crippen LogP contribution < -0.4 is 15.4 Å². The number of rotatable bonds is 4. The van der Waals surface area contributed by atoms with E-state index in [9.17, 15) is 4.79 Å². The maximum Gasteiger partial charge on any atom is 0.319 e. The van der Waals surface area contributed by atoms with Crippen molar-refractivity contribution in [2.45, 2.75) is 57.1 Å². The van der Waals surface area contributed by atoms with Crippen molar-refractivity contribution < 1.29 is 9.53 Å². The lowest BCUT2D eigenvalue weighted by molar-refractivity contribution is 0.211. The van der Waals surface area contributed by atoms with Crippen molar-refractivity contribution in [1.29, 1.82) is 0 Å². The summed E-state index contributed by atoms with van der Waals surface area (Å²) in [6.07, 6.45) is 9.76. The first-order valence-electron chi connectivity index (χ1n) is 9.54. The van der Waals surface area contributed by atoms with Crippen molar-refractivity contribution in [3.05, 3.63) is 41.7 Å². The monoisotopic (exact) mass is 354 g/mol. The van der Waals surface area contributed by atoms with Crippen LogP contribution in [-0.4, -0.2) is 21.9 Å². The molecule has 2 aromatic rings. The number of amides is 2. The van der Waals surface area contributed by atoms with Gasteiger partial charge in [-0.3, -0.25) is 4.68 Å². The zero-order valence-electron chi connectivity index (χ0n) is 15.2. The summed E-state index contributed by atoms with van der Waals surface area (Å²) in [5.74, 6) is 0.750. The van der Waals surface area contributed by atoms with E-state index in [2.05, 4.69) is 15.7 Å². The van der Waals surface area contributed by atoms with E-state index in [1.165, 1.54) is 18.5 Å². The number of hydrogen-bond donors (Lipinski definition) is 2. The largest absolute Gasteiger partial charge is 0.488 e. The number of anilines is 1. The SMILES string of the molecule is Cn1ncc2c1CCCC2NC(=O)Nc1ccccc1OC1CCCC1. The fourth-order valence-corrected chi connectivity index (χ4v) is 4.03. The Labute approximate surface area is 153 Å². The molecule has 1 aromatic carbocycles. The lowest BCUT2D eigenvalue weighted by Crippen LogP contribution is -2.34. The van der Waals surface area contributed by atoms with Crippen molar-refractivity contribution in [1.82, 2.24) is 15.1 Å². The first kappa shape index (κ1) is 16.9. The Morgan fingerprint density at radius 2 is 2.00 bits per heavy atom. The van der Waals surface area contributed by atoms with Gasteiger partial charge < -0.3 is 15.4 Å². The van der Waals surface area contributed by atoms with Crippen molar-refractivity contribution in [2.75, 3.05) is 5.32 Å². The highest BCUT2D eigenvalue weighted by atomic mass is 16.5. The van der Waals surface area contributed by atoms with Gasteiger partial charge >= 0.3 is 6.03 Å². The molecule has 138 valence electrons. The van der Waals surface area contributed by atoms with Gasteiger partial charge in [-0.1, -0.05) is 12.1 Å². The van der Waals surface area contributed by atoms with E-state index in [0.717, 1.165) is 49.1 Å². The highest BCUT2D eigenvalue weighted by Crippen LogP contribution is 2.31. The number of carbonyl (C=O) groups excluding carboxylic acids is 1. The van der Waals surface area contributed by atoms with Crippen LogP contribution in [-0.2, 0) is 13.5 Å². The van der Waals surface area contributed by atoms with Crippen LogP contribution in [0.5, 0.6) is 5.75 Å². The van der Waals surface area contributed by atoms with Crippen LogP contribution >= 0.6 is 0 Å². The topological polar surface area (TPSA) is 68.2 Å². The standard InChI is InChI=1S/C20H26N4O2/c1-24-18-11-6-10-16(15(18)13-21-24)22-20(25)23-17-9-4-5-12-19(17)26-14-7-2-3-8-14/h4-5,9,12-14,16H,2-3,6-8,10-11H2,1H3,(H2,22,23,25). The fraction of sp³-hybridized carbons (Fsp3) is 0.500. The van der Waals surface area contributed by atoms with Crippen LogP contribution in [0.3, 0.4) is 0 Å². The molecule has 2 aliphatic rings. The molecule has 1 aromatic heterocycles. The van der Waals surface area contributed by atoms with Gasteiger partial charge in [0.25, 0.3) is 0 Å². The average molecular weight is 354 g/mol. The van der Waals surface area contributed by atoms with E-state index in [1.54, 1.807) is 0 Å². The Hall–Kier alpha value is -2.50. The number of para-hydroxylation sites is 2. The third kappa shape index (κ3) is 3.54. The number of urea groups is 1. The average Bonchev–Trinajstić information content (AvgIpc) is 3.28. The molecule has 1 unspecified atom stereocenters. The van der Waals surface area contributed by atoms with E-state index in [-0.39, 0.29) is 18.2 Å². The fourth-order valence-electron chi connectivity index (χ4n) is 4.03. The summed E-state index contributed by atoms with van der Waals surface area (Å²) >= 11 is 0. The number of benzene rings is 1. The third-order valence-corrected chi connectivity index (χ3v) is 5.41. The summed E-state index contributed by atoms with van der Waals surface area (Å²) < 4.78 is 8.01. The first-order chi connectivity index (χ1) is 12.7. The molecule has 1 heterocycles. The maximum absolute atomic E-state index is 12.6. The second-order valence-electron chi connectivity index (χ2n) is 7.23. The van der Waals surface area contributed by atoms with Gasteiger partial charge in [0.2, 0.25) is 0 Å². The van der Waals surface area contributed by atoms with Gasteiger partial charge in [-0.2, -0.15) is 5.10 Å². The van der Waals surface area contributed by atoms with Crippen LogP contribution in [0, 0.1) is 0 Å². The third-order valence-electron chi connectivity index (χ3n) is 5.41. The zero-order chi connectivity index (χ0) is 17.9. The Balaban J connectivity index is 1.42. The number of carbonyl (C=O) groups is 1. The highest BCUT2D eigenvalue weighted by molar-refractivity contribution is 5.91. The number of nitrogens with one attached hydrogen (secondary N) is 2. The lowest BCUT2D eigenvalue weighted by atomic mass is 9.93. The molecule has 2 amide bonds. The molecule has 0 radical (unpaired) electrons.